The first-order chi connectivity index (χ1) is 8.93. The molecule has 1 unspecified atom stereocenters. The van der Waals surface area contributed by atoms with Gasteiger partial charge in [-0.1, -0.05) is 22.9 Å². The van der Waals surface area contributed by atoms with Gasteiger partial charge in [-0.25, -0.2) is 4.79 Å². The summed E-state index contributed by atoms with van der Waals surface area (Å²) < 4.78 is 6.28. The molecule has 19 heavy (non-hydrogen) atoms. The molecule has 0 saturated heterocycles. The van der Waals surface area contributed by atoms with Gasteiger partial charge >= 0.3 is 5.97 Å². The molecule has 0 aliphatic heterocycles. The van der Waals surface area contributed by atoms with E-state index in [9.17, 15) is 9.59 Å². The molecule has 0 aromatic heterocycles. The number of hydrogen-bond donors (Lipinski definition) is 2. The number of amides is 1. The van der Waals surface area contributed by atoms with Crippen LogP contribution in [0.5, 0.6) is 5.75 Å². The molecule has 0 heterocycles. The molecule has 0 spiro atoms. The number of aliphatic carboxylic acids is 1. The second kappa shape index (κ2) is 6.94. The largest absolute Gasteiger partial charge is 0.480 e. The molecule has 1 aromatic rings. The molecule has 0 bridgehead atoms. The fourth-order valence-electron chi connectivity index (χ4n) is 1.41. The Kier molecular flexibility index (Phi) is 5.57. The van der Waals surface area contributed by atoms with E-state index in [0.29, 0.717) is 17.7 Å². The summed E-state index contributed by atoms with van der Waals surface area (Å²) in [4.78, 5) is 21.7. The number of carbonyl (C=O) groups excluding carboxylic acids is 1. The molecule has 5 nitrogen and oxygen atoms in total. The second-order valence-electron chi connectivity index (χ2n) is 3.77. The minimum Gasteiger partial charge on any atom is -0.480 e. The van der Waals surface area contributed by atoms with Crippen molar-refractivity contribution < 1.29 is 19.4 Å². The monoisotopic (exact) mass is 327 g/mol. The van der Waals surface area contributed by atoms with E-state index in [4.69, 9.17) is 15.6 Å². The average Bonchev–Trinajstić information content (AvgIpc) is 2.34. The van der Waals surface area contributed by atoms with Crippen LogP contribution in [0, 0.1) is 0 Å². The summed E-state index contributed by atoms with van der Waals surface area (Å²) in [6, 6.07) is 5.08. The van der Waals surface area contributed by atoms with Gasteiger partial charge in [0, 0.05) is 16.1 Å². The summed E-state index contributed by atoms with van der Waals surface area (Å²) in [6.45, 7) is 1.78. The minimum atomic E-state index is -1.06. The number of carboxylic acid groups (broad SMARTS) is 1. The molecular weight excluding hydrogens is 314 g/mol. The first-order valence-corrected chi connectivity index (χ1v) is 6.40. The Labute approximate surface area is 119 Å². The van der Waals surface area contributed by atoms with Gasteiger partial charge in [0.05, 0.1) is 0 Å². The Hall–Kier alpha value is -1.82. The maximum Gasteiger partial charge on any atom is 0.328 e. The Morgan fingerprint density at radius 2 is 2.21 bits per heavy atom. The molecule has 6 heteroatoms. The summed E-state index contributed by atoms with van der Waals surface area (Å²) in [7, 11) is 0. The molecular formula is C13H14BrNO4. The van der Waals surface area contributed by atoms with Crippen molar-refractivity contribution in [3.05, 3.63) is 34.3 Å². The van der Waals surface area contributed by atoms with E-state index in [-0.39, 0.29) is 0 Å². The van der Waals surface area contributed by atoms with Gasteiger partial charge in [-0.3, -0.25) is 4.79 Å². The molecule has 1 aromatic carbocycles. The molecule has 102 valence electrons. The van der Waals surface area contributed by atoms with Crippen LogP contribution in [-0.4, -0.2) is 23.1 Å². The maximum absolute atomic E-state index is 11.2. The van der Waals surface area contributed by atoms with Crippen LogP contribution in [0.2, 0.25) is 0 Å². The van der Waals surface area contributed by atoms with Crippen LogP contribution in [0.4, 0.5) is 0 Å². The van der Waals surface area contributed by atoms with Crippen molar-refractivity contribution in [3.8, 4) is 5.75 Å². The van der Waals surface area contributed by atoms with E-state index < -0.39 is 18.0 Å². The number of hydrogen-bond acceptors (Lipinski definition) is 3. The SMILES string of the molecule is CCC(Oc1ccc(Br)cc1C=CC(=O)O)C(N)=O. The van der Waals surface area contributed by atoms with Crippen molar-refractivity contribution in [2.75, 3.05) is 0 Å². The summed E-state index contributed by atoms with van der Waals surface area (Å²) >= 11 is 3.29. The van der Waals surface area contributed by atoms with Crippen LogP contribution >= 0.6 is 15.9 Å². The van der Waals surface area contributed by atoms with Crippen LogP contribution in [0.15, 0.2) is 28.7 Å². The number of nitrogens with two attached hydrogens (primary N) is 1. The molecule has 1 rings (SSSR count). The van der Waals surface area contributed by atoms with Crippen molar-refractivity contribution in [2.45, 2.75) is 19.4 Å². The standard InChI is InChI=1S/C13H14BrNO4/c1-2-10(13(15)18)19-11-5-4-9(14)7-8(11)3-6-12(16)17/h3-7,10H,2H2,1H3,(H2,15,18)(H,16,17). The van der Waals surface area contributed by atoms with Crippen molar-refractivity contribution in [1.29, 1.82) is 0 Å². The van der Waals surface area contributed by atoms with E-state index in [0.717, 1.165) is 10.5 Å². The molecule has 0 fully saturated rings. The Morgan fingerprint density at radius 1 is 1.53 bits per heavy atom. The first-order valence-electron chi connectivity index (χ1n) is 5.60. The highest BCUT2D eigenvalue weighted by atomic mass is 79.9. The smallest absolute Gasteiger partial charge is 0.328 e. The number of benzene rings is 1. The number of halogens is 1. The lowest BCUT2D eigenvalue weighted by Crippen LogP contribution is -2.33. The third-order valence-electron chi connectivity index (χ3n) is 2.33. The molecule has 0 aliphatic carbocycles. The van der Waals surface area contributed by atoms with Crippen LogP contribution in [0.1, 0.15) is 18.9 Å². The van der Waals surface area contributed by atoms with Gasteiger partial charge in [0.2, 0.25) is 0 Å². The normalized spacial score (nSPS) is 12.3. The highest BCUT2D eigenvalue weighted by Crippen LogP contribution is 2.26. The van der Waals surface area contributed by atoms with Gasteiger partial charge in [0.1, 0.15) is 5.75 Å². The van der Waals surface area contributed by atoms with Gasteiger partial charge in [-0.05, 0) is 30.7 Å². The first kappa shape index (κ1) is 15.2. The summed E-state index contributed by atoms with van der Waals surface area (Å²) in [5.41, 5.74) is 5.76. The quantitative estimate of drug-likeness (QED) is 0.783. The number of carboxylic acids is 1. The number of rotatable bonds is 6. The van der Waals surface area contributed by atoms with Crippen LogP contribution in [0.25, 0.3) is 6.08 Å². The molecule has 1 amide bonds. The molecule has 0 aliphatic rings. The molecule has 0 saturated carbocycles. The third kappa shape index (κ3) is 4.75. The Bertz CT molecular complexity index is 513. The van der Waals surface area contributed by atoms with Crippen molar-refractivity contribution in [2.24, 2.45) is 5.73 Å². The zero-order valence-corrected chi connectivity index (χ0v) is 11.9. The lowest BCUT2D eigenvalue weighted by atomic mass is 10.1. The second-order valence-corrected chi connectivity index (χ2v) is 4.69. The Morgan fingerprint density at radius 3 is 2.74 bits per heavy atom. The van der Waals surface area contributed by atoms with E-state index in [1.807, 2.05) is 0 Å². The maximum atomic E-state index is 11.2. The molecule has 1 atom stereocenters. The number of carbonyl (C=O) groups is 2. The van der Waals surface area contributed by atoms with Crippen LogP contribution in [0.3, 0.4) is 0 Å². The summed E-state index contributed by atoms with van der Waals surface area (Å²) in [5, 5.41) is 8.64. The third-order valence-corrected chi connectivity index (χ3v) is 2.83. The van der Waals surface area contributed by atoms with E-state index in [2.05, 4.69) is 15.9 Å². The summed E-state index contributed by atoms with van der Waals surface area (Å²) in [6.07, 6.45) is 2.10. The number of ether oxygens (including phenoxy) is 1. The van der Waals surface area contributed by atoms with Gasteiger partial charge in [-0.2, -0.15) is 0 Å². The van der Waals surface area contributed by atoms with Crippen molar-refractivity contribution in [1.82, 2.24) is 0 Å². The zero-order chi connectivity index (χ0) is 14.4. The van der Waals surface area contributed by atoms with Gasteiger partial charge < -0.3 is 15.6 Å². The topological polar surface area (TPSA) is 89.6 Å². The number of primary amides is 1. The van der Waals surface area contributed by atoms with Crippen molar-refractivity contribution >= 4 is 33.9 Å². The predicted octanol–water partition coefficient (Wildman–Crippen LogP) is 2.19. The zero-order valence-electron chi connectivity index (χ0n) is 10.3. The van der Waals surface area contributed by atoms with E-state index in [1.165, 1.54) is 6.08 Å². The molecule has 0 radical (unpaired) electrons. The highest BCUT2D eigenvalue weighted by Gasteiger charge is 2.16. The van der Waals surface area contributed by atoms with Crippen LogP contribution in [-0.2, 0) is 9.59 Å². The van der Waals surface area contributed by atoms with Gasteiger partial charge in [0.25, 0.3) is 5.91 Å². The predicted molar refractivity (Wildman–Crippen MR) is 74.7 cm³/mol. The molecule has 3 N–H and O–H groups in total. The lowest BCUT2D eigenvalue weighted by Gasteiger charge is -2.16. The lowest BCUT2D eigenvalue weighted by molar-refractivity contribution is -0.131. The Balaban J connectivity index is 3.05. The summed E-state index contributed by atoms with van der Waals surface area (Å²) in [5.74, 6) is -1.21. The van der Waals surface area contributed by atoms with Crippen molar-refractivity contribution in [3.63, 3.8) is 0 Å². The minimum absolute atomic E-state index is 0.409. The van der Waals surface area contributed by atoms with Crippen LogP contribution < -0.4 is 10.5 Å². The fraction of sp³-hybridized carbons (Fsp3) is 0.231. The highest BCUT2D eigenvalue weighted by molar-refractivity contribution is 9.10. The van der Waals surface area contributed by atoms with E-state index >= 15 is 0 Å². The average molecular weight is 328 g/mol. The van der Waals surface area contributed by atoms with Gasteiger partial charge in [0.15, 0.2) is 6.10 Å². The van der Waals surface area contributed by atoms with E-state index in [1.54, 1.807) is 25.1 Å². The van der Waals surface area contributed by atoms with Gasteiger partial charge in [-0.15, -0.1) is 0 Å². The fourth-order valence-corrected chi connectivity index (χ4v) is 1.79.